The van der Waals surface area contributed by atoms with E-state index in [0.717, 1.165) is 25.9 Å². The van der Waals surface area contributed by atoms with E-state index in [1.165, 1.54) is 0 Å². The van der Waals surface area contributed by atoms with E-state index in [1.54, 1.807) is 6.92 Å². The molecule has 0 saturated carbocycles. The van der Waals surface area contributed by atoms with Gasteiger partial charge in [0.05, 0.1) is 6.61 Å². The van der Waals surface area contributed by atoms with Gasteiger partial charge in [0, 0.05) is 25.7 Å². The van der Waals surface area contributed by atoms with Gasteiger partial charge in [0.25, 0.3) is 0 Å². The van der Waals surface area contributed by atoms with Crippen molar-refractivity contribution in [3.63, 3.8) is 0 Å². The zero-order valence-corrected chi connectivity index (χ0v) is 10.1. The van der Waals surface area contributed by atoms with Gasteiger partial charge in [-0.3, -0.25) is 0 Å². The van der Waals surface area contributed by atoms with Gasteiger partial charge >= 0.3 is 6.09 Å². The van der Waals surface area contributed by atoms with E-state index in [4.69, 9.17) is 9.84 Å². The van der Waals surface area contributed by atoms with Crippen LogP contribution in [0.25, 0.3) is 0 Å². The molecule has 1 aliphatic rings. The molecule has 1 aliphatic heterocycles. The number of nitrogens with one attached hydrogen (secondary N) is 1. The SMILES string of the molecule is CCOC(=O)NC1CC(CCO)CN(C)C1. The zero-order valence-electron chi connectivity index (χ0n) is 10.1. The third-order valence-electron chi connectivity index (χ3n) is 2.85. The smallest absolute Gasteiger partial charge is 0.407 e. The van der Waals surface area contributed by atoms with E-state index in [2.05, 4.69) is 10.2 Å². The van der Waals surface area contributed by atoms with Crippen molar-refractivity contribution < 1.29 is 14.6 Å². The zero-order chi connectivity index (χ0) is 12.0. The molecular weight excluding hydrogens is 208 g/mol. The Morgan fingerprint density at radius 2 is 2.31 bits per heavy atom. The van der Waals surface area contributed by atoms with Crippen LogP contribution >= 0.6 is 0 Å². The van der Waals surface area contributed by atoms with E-state index >= 15 is 0 Å². The lowest BCUT2D eigenvalue weighted by molar-refractivity contribution is 0.119. The molecule has 1 saturated heterocycles. The molecule has 2 unspecified atom stereocenters. The third kappa shape index (κ3) is 4.37. The van der Waals surface area contributed by atoms with Crippen molar-refractivity contribution in [3.8, 4) is 0 Å². The predicted octanol–water partition coefficient (Wildman–Crippen LogP) is 0.435. The fourth-order valence-electron chi connectivity index (χ4n) is 2.28. The maximum atomic E-state index is 11.3. The van der Waals surface area contributed by atoms with Crippen LogP contribution in [0.15, 0.2) is 0 Å². The minimum Gasteiger partial charge on any atom is -0.450 e. The second-order valence-corrected chi connectivity index (χ2v) is 4.40. The standard InChI is InChI=1S/C11H22N2O3/c1-3-16-11(15)12-10-6-9(4-5-14)7-13(2)8-10/h9-10,14H,3-8H2,1-2H3,(H,12,15). The van der Waals surface area contributed by atoms with Crippen molar-refractivity contribution in [2.45, 2.75) is 25.8 Å². The first-order valence-corrected chi connectivity index (χ1v) is 5.88. The van der Waals surface area contributed by atoms with Gasteiger partial charge in [0.15, 0.2) is 0 Å². The summed E-state index contributed by atoms with van der Waals surface area (Å²) >= 11 is 0. The van der Waals surface area contributed by atoms with Crippen molar-refractivity contribution in [2.24, 2.45) is 5.92 Å². The summed E-state index contributed by atoms with van der Waals surface area (Å²) in [5.41, 5.74) is 0. The van der Waals surface area contributed by atoms with Crippen LogP contribution in [0, 0.1) is 5.92 Å². The Morgan fingerprint density at radius 1 is 1.56 bits per heavy atom. The monoisotopic (exact) mass is 230 g/mol. The van der Waals surface area contributed by atoms with Gasteiger partial charge in [0.1, 0.15) is 0 Å². The number of aliphatic hydroxyl groups excluding tert-OH is 1. The molecule has 0 aromatic carbocycles. The van der Waals surface area contributed by atoms with Crippen molar-refractivity contribution >= 4 is 6.09 Å². The molecule has 0 aliphatic carbocycles. The molecule has 16 heavy (non-hydrogen) atoms. The molecular formula is C11H22N2O3. The van der Waals surface area contributed by atoms with Gasteiger partial charge in [0.2, 0.25) is 0 Å². The fourth-order valence-corrected chi connectivity index (χ4v) is 2.28. The van der Waals surface area contributed by atoms with Crippen LogP contribution in [0.3, 0.4) is 0 Å². The summed E-state index contributed by atoms with van der Waals surface area (Å²) < 4.78 is 4.86. The van der Waals surface area contributed by atoms with Gasteiger partial charge in [-0.2, -0.15) is 0 Å². The summed E-state index contributed by atoms with van der Waals surface area (Å²) in [4.78, 5) is 13.5. The molecule has 0 bridgehead atoms. The average molecular weight is 230 g/mol. The summed E-state index contributed by atoms with van der Waals surface area (Å²) in [6.45, 7) is 4.24. The lowest BCUT2D eigenvalue weighted by Crippen LogP contribution is -2.49. The summed E-state index contributed by atoms with van der Waals surface area (Å²) in [5.74, 6) is 0.454. The van der Waals surface area contributed by atoms with Crippen LogP contribution in [0.5, 0.6) is 0 Å². The summed E-state index contributed by atoms with van der Waals surface area (Å²) in [6.07, 6.45) is 1.38. The van der Waals surface area contributed by atoms with Crippen molar-refractivity contribution in [2.75, 3.05) is 33.4 Å². The first-order chi connectivity index (χ1) is 7.65. The highest BCUT2D eigenvalue weighted by molar-refractivity contribution is 5.67. The summed E-state index contributed by atoms with van der Waals surface area (Å²) in [7, 11) is 2.03. The number of rotatable bonds is 4. The number of nitrogens with zero attached hydrogens (tertiary/aromatic N) is 1. The third-order valence-corrected chi connectivity index (χ3v) is 2.85. The van der Waals surface area contributed by atoms with Crippen LogP contribution in [0.2, 0.25) is 0 Å². The molecule has 1 fully saturated rings. The molecule has 1 heterocycles. The molecule has 0 spiro atoms. The second-order valence-electron chi connectivity index (χ2n) is 4.40. The maximum absolute atomic E-state index is 11.3. The number of alkyl carbamates (subject to hydrolysis) is 1. The molecule has 0 aromatic heterocycles. The second kappa shape index (κ2) is 6.70. The molecule has 2 atom stereocenters. The first kappa shape index (κ1) is 13.3. The Balaban J connectivity index is 2.37. The number of carbonyl (C=O) groups excluding carboxylic acids is 1. The topological polar surface area (TPSA) is 61.8 Å². The van der Waals surface area contributed by atoms with Gasteiger partial charge in [-0.25, -0.2) is 4.79 Å². The van der Waals surface area contributed by atoms with Crippen LogP contribution in [0.1, 0.15) is 19.8 Å². The number of ether oxygens (including phenoxy) is 1. The molecule has 5 nitrogen and oxygen atoms in total. The van der Waals surface area contributed by atoms with E-state index in [1.807, 2.05) is 7.05 Å². The Hall–Kier alpha value is -0.810. The number of carbonyl (C=O) groups is 1. The number of likely N-dealkylation sites (tertiary alicyclic amines) is 1. The van der Waals surface area contributed by atoms with Gasteiger partial charge < -0.3 is 20.1 Å². The normalized spacial score (nSPS) is 26.4. The predicted molar refractivity (Wildman–Crippen MR) is 61.3 cm³/mol. The lowest BCUT2D eigenvalue weighted by Gasteiger charge is -2.35. The Labute approximate surface area is 96.8 Å². The number of hydrogen-bond donors (Lipinski definition) is 2. The Bertz CT molecular complexity index is 223. The average Bonchev–Trinajstić information content (AvgIpc) is 2.17. The summed E-state index contributed by atoms with van der Waals surface area (Å²) in [6, 6.07) is 0.134. The number of aliphatic hydroxyl groups is 1. The van der Waals surface area contributed by atoms with Gasteiger partial charge in [-0.15, -0.1) is 0 Å². The number of piperidine rings is 1. The van der Waals surface area contributed by atoms with Gasteiger partial charge in [-0.05, 0) is 32.7 Å². The van der Waals surface area contributed by atoms with Crippen LogP contribution in [-0.2, 0) is 4.74 Å². The largest absolute Gasteiger partial charge is 0.450 e. The van der Waals surface area contributed by atoms with Crippen molar-refractivity contribution in [1.82, 2.24) is 10.2 Å². The van der Waals surface area contributed by atoms with Crippen LogP contribution < -0.4 is 5.32 Å². The molecule has 1 rings (SSSR count). The quantitative estimate of drug-likeness (QED) is 0.735. The van der Waals surface area contributed by atoms with E-state index < -0.39 is 0 Å². The number of amides is 1. The van der Waals surface area contributed by atoms with Crippen LogP contribution in [-0.4, -0.2) is 55.5 Å². The van der Waals surface area contributed by atoms with E-state index in [-0.39, 0.29) is 18.7 Å². The lowest BCUT2D eigenvalue weighted by atomic mass is 9.92. The minimum absolute atomic E-state index is 0.134. The number of hydrogen-bond acceptors (Lipinski definition) is 4. The molecule has 2 N–H and O–H groups in total. The highest BCUT2D eigenvalue weighted by atomic mass is 16.5. The number of likely N-dealkylation sites (N-methyl/N-ethyl adjacent to an activating group) is 1. The van der Waals surface area contributed by atoms with Crippen LogP contribution in [0.4, 0.5) is 4.79 Å². The molecule has 0 radical (unpaired) electrons. The minimum atomic E-state index is -0.342. The molecule has 0 aromatic rings. The Kier molecular flexibility index (Phi) is 5.55. The maximum Gasteiger partial charge on any atom is 0.407 e. The molecule has 1 amide bonds. The van der Waals surface area contributed by atoms with E-state index in [9.17, 15) is 4.79 Å². The fraction of sp³-hybridized carbons (Fsp3) is 0.909. The van der Waals surface area contributed by atoms with Gasteiger partial charge in [-0.1, -0.05) is 0 Å². The highest BCUT2D eigenvalue weighted by Gasteiger charge is 2.26. The summed E-state index contributed by atoms with van der Waals surface area (Å²) in [5, 5.41) is 11.8. The van der Waals surface area contributed by atoms with Crippen molar-refractivity contribution in [3.05, 3.63) is 0 Å². The first-order valence-electron chi connectivity index (χ1n) is 5.88. The Morgan fingerprint density at radius 3 is 2.94 bits per heavy atom. The molecule has 94 valence electrons. The van der Waals surface area contributed by atoms with E-state index in [0.29, 0.717) is 12.5 Å². The molecule has 5 heteroatoms. The highest BCUT2D eigenvalue weighted by Crippen LogP contribution is 2.18. The van der Waals surface area contributed by atoms with Crippen molar-refractivity contribution in [1.29, 1.82) is 0 Å².